The molecule has 1 rings (SSSR count). The van der Waals surface area contributed by atoms with E-state index in [1.807, 2.05) is 6.07 Å². The first-order chi connectivity index (χ1) is 6.68. The molecule has 0 radical (unpaired) electrons. The Kier molecular flexibility index (Phi) is 4.42. The van der Waals surface area contributed by atoms with E-state index in [0.29, 0.717) is 0 Å². The van der Waals surface area contributed by atoms with Crippen LogP contribution in [0.15, 0.2) is 24.3 Å². The third-order valence-corrected chi connectivity index (χ3v) is 19.4. The van der Waals surface area contributed by atoms with E-state index in [1.54, 1.807) is 12.1 Å². The fourth-order valence-electron chi connectivity index (χ4n) is 2.18. The van der Waals surface area contributed by atoms with Crippen LogP contribution in [0.2, 0.25) is 13.3 Å². The summed E-state index contributed by atoms with van der Waals surface area (Å²) in [6, 6.07) is 7.31. The van der Waals surface area contributed by atoms with Gasteiger partial charge in [-0.1, -0.05) is 0 Å². The molecule has 0 nitrogen and oxygen atoms in total. The van der Waals surface area contributed by atoms with Gasteiger partial charge in [-0.25, -0.2) is 0 Å². The third-order valence-electron chi connectivity index (χ3n) is 3.47. The molecule has 0 aliphatic carbocycles. The normalized spacial score (nSPS) is 11.7. The van der Waals surface area contributed by atoms with Crippen LogP contribution in [0.1, 0.15) is 20.8 Å². The summed E-state index contributed by atoms with van der Waals surface area (Å²) in [6.45, 7) is 6.82. The van der Waals surface area contributed by atoms with E-state index in [9.17, 15) is 4.39 Å². The Morgan fingerprint density at radius 3 is 2.07 bits per heavy atom. The molecule has 14 heavy (non-hydrogen) atoms. The number of hydrogen-bond donors (Lipinski definition) is 0. The molecule has 0 amide bonds. The molecule has 0 aliphatic rings. The van der Waals surface area contributed by atoms with Crippen LogP contribution < -0.4 is 3.58 Å². The third kappa shape index (κ3) is 2.30. The minimum absolute atomic E-state index is 0.0704. The maximum atomic E-state index is 13.1. The van der Waals surface area contributed by atoms with Crippen molar-refractivity contribution in [2.24, 2.45) is 0 Å². The van der Waals surface area contributed by atoms with Gasteiger partial charge in [0.2, 0.25) is 0 Å². The SMILES string of the molecule is C[CH2][Sn]([CH2]C)([CH2]C)[c]1cccc(F)c1. The molecule has 0 heterocycles. The molecular formula is C12H19FSn. The average molecular weight is 301 g/mol. The molecule has 0 spiro atoms. The van der Waals surface area contributed by atoms with E-state index >= 15 is 0 Å². The van der Waals surface area contributed by atoms with E-state index in [1.165, 1.54) is 16.9 Å². The van der Waals surface area contributed by atoms with E-state index in [2.05, 4.69) is 26.8 Å². The fraction of sp³-hybridized carbons (Fsp3) is 0.500. The van der Waals surface area contributed by atoms with Crippen molar-refractivity contribution in [1.82, 2.24) is 0 Å². The van der Waals surface area contributed by atoms with Gasteiger partial charge in [0.25, 0.3) is 0 Å². The zero-order valence-corrected chi connectivity index (χ0v) is 12.2. The Morgan fingerprint density at radius 2 is 1.64 bits per heavy atom. The molecule has 78 valence electrons. The van der Waals surface area contributed by atoms with Crippen LogP contribution in [-0.2, 0) is 0 Å². The summed E-state index contributed by atoms with van der Waals surface area (Å²) in [5.74, 6) is -0.0704. The standard InChI is InChI=1S/C6H4F.3C2H5.Sn/c7-6-4-2-1-3-5-6;3*1-2;/h1-2,4-5H;3*1H2,2H3;. The first-order valence-corrected chi connectivity index (χ1v) is 12.9. The molecule has 0 unspecified atom stereocenters. The van der Waals surface area contributed by atoms with Gasteiger partial charge in [-0.15, -0.1) is 0 Å². The Bertz CT molecular complexity index is 284. The zero-order chi connectivity index (χ0) is 10.6. The monoisotopic (exact) mass is 302 g/mol. The van der Waals surface area contributed by atoms with Crippen molar-refractivity contribution in [1.29, 1.82) is 0 Å². The summed E-state index contributed by atoms with van der Waals surface area (Å²) in [6.07, 6.45) is 0. The number of benzene rings is 1. The van der Waals surface area contributed by atoms with E-state index in [-0.39, 0.29) is 5.82 Å². The molecule has 0 atom stereocenters. The molecule has 0 saturated heterocycles. The second kappa shape index (κ2) is 5.15. The van der Waals surface area contributed by atoms with Crippen molar-refractivity contribution < 1.29 is 4.39 Å². The molecule has 2 heteroatoms. The first-order valence-electron chi connectivity index (χ1n) is 5.44. The van der Waals surface area contributed by atoms with Crippen LogP contribution in [-0.4, -0.2) is 18.4 Å². The Balaban J connectivity index is 3.10. The van der Waals surface area contributed by atoms with Gasteiger partial charge in [0, 0.05) is 0 Å². The fourth-order valence-corrected chi connectivity index (χ4v) is 12.5. The second-order valence-electron chi connectivity index (χ2n) is 3.85. The molecule has 0 saturated carbocycles. The Hall–Kier alpha value is -0.0513. The summed E-state index contributed by atoms with van der Waals surface area (Å²) in [5.41, 5.74) is 0. The van der Waals surface area contributed by atoms with Crippen molar-refractivity contribution in [3.8, 4) is 0 Å². The van der Waals surface area contributed by atoms with Crippen molar-refractivity contribution in [2.75, 3.05) is 0 Å². The predicted octanol–water partition coefficient (Wildman–Crippen LogP) is 3.54. The molecule has 0 N–H and O–H groups in total. The minimum atomic E-state index is -2.15. The maximum absolute atomic E-state index is 13.1. The Morgan fingerprint density at radius 1 is 1.07 bits per heavy atom. The quantitative estimate of drug-likeness (QED) is 0.746. The molecule has 0 aliphatic heterocycles. The van der Waals surface area contributed by atoms with Gasteiger partial charge in [0.15, 0.2) is 0 Å². The average Bonchev–Trinajstić information content (AvgIpc) is 2.22. The van der Waals surface area contributed by atoms with Gasteiger partial charge >= 0.3 is 90.5 Å². The summed E-state index contributed by atoms with van der Waals surface area (Å²) < 4.78 is 18.3. The van der Waals surface area contributed by atoms with Gasteiger partial charge in [-0.05, 0) is 0 Å². The van der Waals surface area contributed by atoms with Crippen LogP contribution >= 0.6 is 0 Å². The van der Waals surface area contributed by atoms with E-state index < -0.39 is 18.4 Å². The molecule has 0 bridgehead atoms. The zero-order valence-electron chi connectivity index (χ0n) is 9.31. The van der Waals surface area contributed by atoms with Crippen molar-refractivity contribution >= 4 is 22.0 Å². The summed E-state index contributed by atoms with van der Waals surface area (Å²) >= 11 is -2.15. The van der Waals surface area contributed by atoms with Gasteiger partial charge < -0.3 is 0 Å². The Labute approximate surface area is 90.4 Å². The van der Waals surface area contributed by atoms with E-state index in [4.69, 9.17) is 0 Å². The molecule has 1 aromatic rings. The van der Waals surface area contributed by atoms with Crippen molar-refractivity contribution in [2.45, 2.75) is 34.1 Å². The molecule has 0 fully saturated rings. The number of hydrogen-bond acceptors (Lipinski definition) is 0. The van der Waals surface area contributed by atoms with Gasteiger partial charge in [-0.3, -0.25) is 0 Å². The van der Waals surface area contributed by atoms with Crippen LogP contribution in [0.3, 0.4) is 0 Å². The van der Waals surface area contributed by atoms with E-state index in [0.717, 1.165) is 0 Å². The number of rotatable bonds is 4. The van der Waals surface area contributed by atoms with Gasteiger partial charge in [-0.2, -0.15) is 0 Å². The predicted molar refractivity (Wildman–Crippen MR) is 63.2 cm³/mol. The van der Waals surface area contributed by atoms with Gasteiger partial charge in [0.05, 0.1) is 0 Å². The van der Waals surface area contributed by atoms with Gasteiger partial charge in [0.1, 0.15) is 0 Å². The number of halogens is 1. The second-order valence-corrected chi connectivity index (χ2v) is 18.9. The van der Waals surface area contributed by atoms with Crippen LogP contribution in [0.25, 0.3) is 0 Å². The summed E-state index contributed by atoms with van der Waals surface area (Å²) in [4.78, 5) is 0. The topological polar surface area (TPSA) is 0 Å². The first kappa shape index (κ1) is 12.0. The van der Waals surface area contributed by atoms with Crippen LogP contribution in [0, 0.1) is 5.82 Å². The summed E-state index contributed by atoms with van der Waals surface area (Å²) in [7, 11) is 0. The van der Waals surface area contributed by atoms with Crippen LogP contribution in [0.5, 0.6) is 0 Å². The van der Waals surface area contributed by atoms with Crippen LogP contribution in [0.4, 0.5) is 4.39 Å². The molecule has 1 aromatic carbocycles. The molecule has 0 aromatic heterocycles. The van der Waals surface area contributed by atoms with Crippen molar-refractivity contribution in [3.05, 3.63) is 30.1 Å². The molecular weight excluding hydrogens is 282 g/mol. The van der Waals surface area contributed by atoms with Crippen molar-refractivity contribution in [3.63, 3.8) is 0 Å². The summed E-state index contributed by atoms with van der Waals surface area (Å²) in [5, 5.41) is 0.